The van der Waals surface area contributed by atoms with Crippen LogP contribution in [-0.2, 0) is 18.5 Å². The van der Waals surface area contributed by atoms with Crippen LogP contribution in [0.3, 0.4) is 0 Å². The standard InChI is InChI=1S/C23H25FN4O/c1-17-6-7-20(29-17)15-27-14-18-4-2-3-5-21(18)23(16-27)8-10-28(11-9-23)22-25-12-19(24)13-26-22/h2-7,12-13H,8-11,14-16H2,1H3. The number of nitrogens with zero attached hydrogens (tertiary/aromatic N) is 4. The van der Waals surface area contributed by atoms with E-state index < -0.39 is 5.82 Å². The highest BCUT2D eigenvalue weighted by Gasteiger charge is 2.42. The number of anilines is 1. The molecule has 0 radical (unpaired) electrons. The van der Waals surface area contributed by atoms with Gasteiger partial charge in [-0.1, -0.05) is 24.3 Å². The fourth-order valence-corrected chi connectivity index (χ4v) is 4.92. The Bertz CT molecular complexity index is 992. The average molecular weight is 392 g/mol. The molecule has 0 atom stereocenters. The van der Waals surface area contributed by atoms with Gasteiger partial charge in [0.1, 0.15) is 11.5 Å². The monoisotopic (exact) mass is 392 g/mol. The maximum Gasteiger partial charge on any atom is 0.225 e. The van der Waals surface area contributed by atoms with Gasteiger partial charge in [-0.05, 0) is 43.0 Å². The predicted molar refractivity (Wildman–Crippen MR) is 109 cm³/mol. The summed E-state index contributed by atoms with van der Waals surface area (Å²) >= 11 is 0. The van der Waals surface area contributed by atoms with Gasteiger partial charge < -0.3 is 9.32 Å². The summed E-state index contributed by atoms with van der Waals surface area (Å²) in [6.07, 6.45) is 4.54. The molecule has 4 heterocycles. The summed E-state index contributed by atoms with van der Waals surface area (Å²) in [6, 6.07) is 13.0. The van der Waals surface area contributed by atoms with E-state index in [2.05, 4.69) is 50.1 Å². The Morgan fingerprint density at radius 3 is 2.55 bits per heavy atom. The van der Waals surface area contributed by atoms with Gasteiger partial charge in [-0.3, -0.25) is 4.90 Å². The third-order valence-corrected chi connectivity index (χ3v) is 6.29. The van der Waals surface area contributed by atoms with Crippen molar-refractivity contribution in [1.82, 2.24) is 14.9 Å². The Balaban J connectivity index is 1.38. The van der Waals surface area contributed by atoms with E-state index in [-0.39, 0.29) is 5.41 Å². The van der Waals surface area contributed by atoms with Crippen LogP contribution >= 0.6 is 0 Å². The first-order valence-electron chi connectivity index (χ1n) is 10.2. The summed E-state index contributed by atoms with van der Waals surface area (Å²) in [5.41, 5.74) is 3.01. The van der Waals surface area contributed by atoms with Crippen LogP contribution < -0.4 is 4.90 Å². The molecule has 0 amide bonds. The number of aryl methyl sites for hydroxylation is 1. The lowest BCUT2D eigenvalue weighted by atomic mass is 9.69. The van der Waals surface area contributed by atoms with Crippen LogP contribution in [-0.4, -0.2) is 34.5 Å². The Labute approximate surface area is 170 Å². The summed E-state index contributed by atoms with van der Waals surface area (Å²) in [4.78, 5) is 13.0. The number of rotatable bonds is 3. The molecule has 0 N–H and O–H groups in total. The van der Waals surface area contributed by atoms with Crippen molar-refractivity contribution in [3.8, 4) is 0 Å². The van der Waals surface area contributed by atoms with Crippen molar-refractivity contribution in [2.24, 2.45) is 0 Å². The van der Waals surface area contributed by atoms with Gasteiger partial charge in [0.15, 0.2) is 5.82 Å². The third-order valence-electron chi connectivity index (χ3n) is 6.29. The molecule has 150 valence electrons. The van der Waals surface area contributed by atoms with Gasteiger partial charge in [0.25, 0.3) is 0 Å². The fraction of sp³-hybridized carbons (Fsp3) is 0.391. The van der Waals surface area contributed by atoms with Gasteiger partial charge in [0.2, 0.25) is 5.95 Å². The second-order valence-corrected chi connectivity index (χ2v) is 8.28. The first-order valence-corrected chi connectivity index (χ1v) is 10.2. The van der Waals surface area contributed by atoms with E-state index in [1.807, 2.05) is 13.0 Å². The van der Waals surface area contributed by atoms with E-state index >= 15 is 0 Å². The number of fused-ring (bicyclic) bond motifs is 2. The van der Waals surface area contributed by atoms with Crippen molar-refractivity contribution >= 4 is 5.95 Å². The molecule has 0 aliphatic carbocycles. The normalized spacial score (nSPS) is 18.8. The van der Waals surface area contributed by atoms with Gasteiger partial charge in [-0.2, -0.15) is 0 Å². The van der Waals surface area contributed by atoms with E-state index in [4.69, 9.17) is 4.42 Å². The minimum atomic E-state index is -0.396. The highest BCUT2D eigenvalue weighted by atomic mass is 19.1. The first kappa shape index (κ1) is 18.3. The van der Waals surface area contributed by atoms with E-state index in [0.29, 0.717) is 5.95 Å². The molecule has 6 heteroatoms. The molecule has 29 heavy (non-hydrogen) atoms. The maximum atomic E-state index is 13.2. The quantitative estimate of drug-likeness (QED) is 0.672. The lowest BCUT2D eigenvalue weighted by molar-refractivity contribution is 0.137. The maximum absolute atomic E-state index is 13.2. The summed E-state index contributed by atoms with van der Waals surface area (Å²) in [5, 5.41) is 0. The van der Waals surface area contributed by atoms with Gasteiger partial charge in [-0.15, -0.1) is 0 Å². The molecule has 0 saturated carbocycles. The van der Waals surface area contributed by atoms with Crippen LogP contribution in [0.2, 0.25) is 0 Å². The van der Waals surface area contributed by atoms with Crippen LogP contribution in [0.1, 0.15) is 35.5 Å². The Morgan fingerprint density at radius 1 is 1.07 bits per heavy atom. The smallest absolute Gasteiger partial charge is 0.225 e. The van der Waals surface area contributed by atoms with Crippen molar-refractivity contribution in [3.63, 3.8) is 0 Å². The van der Waals surface area contributed by atoms with E-state index in [1.54, 1.807) is 0 Å². The Morgan fingerprint density at radius 2 is 1.83 bits per heavy atom. The molecule has 3 aromatic rings. The highest BCUT2D eigenvalue weighted by molar-refractivity contribution is 5.40. The zero-order chi connectivity index (χ0) is 19.8. The van der Waals surface area contributed by atoms with Gasteiger partial charge in [0, 0.05) is 31.6 Å². The van der Waals surface area contributed by atoms with Crippen LogP contribution in [0.4, 0.5) is 10.3 Å². The molecular weight excluding hydrogens is 367 g/mol. The van der Waals surface area contributed by atoms with E-state index in [0.717, 1.165) is 57.1 Å². The minimum Gasteiger partial charge on any atom is -0.465 e. The molecule has 1 saturated heterocycles. The number of benzene rings is 1. The molecule has 1 fully saturated rings. The first-order chi connectivity index (χ1) is 14.1. The summed E-state index contributed by atoms with van der Waals surface area (Å²) in [5.74, 6) is 2.20. The van der Waals surface area contributed by atoms with Gasteiger partial charge in [0.05, 0.1) is 18.9 Å². The van der Waals surface area contributed by atoms with Gasteiger partial charge >= 0.3 is 0 Å². The molecule has 0 unspecified atom stereocenters. The molecular formula is C23H25FN4O. The molecule has 2 aliphatic heterocycles. The molecule has 0 bridgehead atoms. The SMILES string of the molecule is Cc1ccc(CN2Cc3ccccc3C3(CCN(c4ncc(F)cn4)CC3)C2)o1. The number of furan rings is 1. The van der Waals surface area contributed by atoms with Crippen LogP contribution in [0.15, 0.2) is 53.2 Å². The zero-order valence-electron chi connectivity index (χ0n) is 16.6. The van der Waals surface area contributed by atoms with Crippen molar-refractivity contribution in [1.29, 1.82) is 0 Å². The lowest BCUT2D eigenvalue weighted by Gasteiger charge is -2.48. The number of halogens is 1. The molecule has 1 spiro atoms. The van der Waals surface area contributed by atoms with Crippen molar-refractivity contribution in [3.05, 3.63) is 77.3 Å². The zero-order valence-corrected chi connectivity index (χ0v) is 16.6. The summed E-state index contributed by atoms with van der Waals surface area (Å²) in [7, 11) is 0. The molecule has 1 aromatic carbocycles. The van der Waals surface area contributed by atoms with Crippen LogP contribution in [0, 0.1) is 12.7 Å². The van der Waals surface area contributed by atoms with Crippen molar-refractivity contribution < 1.29 is 8.81 Å². The molecule has 2 aromatic heterocycles. The topological polar surface area (TPSA) is 45.4 Å². The lowest BCUT2D eigenvalue weighted by Crippen LogP contribution is -2.52. The highest BCUT2D eigenvalue weighted by Crippen LogP contribution is 2.42. The number of piperidine rings is 1. The second-order valence-electron chi connectivity index (χ2n) is 8.28. The van der Waals surface area contributed by atoms with Gasteiger partial charge in [-0.25, -0.2) is 14.4 Å². The van der Waals surface area contributed by atoms with E-state index in [1.165, 1.54) is 23.5 Å². The number of hydrogen-bond acceptors (Lipinski definition) is 5. The van der Waals surface area contributed by atoms with Crippen LogP contribution in [0.25, 0.3) is 0 Å². The minimum absolute atomic E-state index is 0.118. The molecule has 5 rings (SSSR count). The van der Waals surface area contributed by atoms with Crippen LogP contribution in [0.5, 0.6) is 0 Å². The third kappa shape index (κ3) is 3.53. The van der Waals surface area contributed by atoms with Crippen molar-refractivity contribution in [2.45, 2.75) is 38.3 Å². The molecule has 5 nitrogen and oxygen atoms in total. The predicted octanol–water partition coefficient (Wildman–Crippen LogP) is 4.07. The Kier molecular flexibility index (Phi) is 4.59. The second kappa shape index (κ2) is 7.26. The number of aromatic nitrogens is 2. The largest absolute Gasteiger partial charge is 0.465 e. The number of hydrogen-bond donors (Lipinski definition) is 0. The molecule has 2 aliphatic rings. The fourth-order valence-electron chi connectivity index (χ4n) is 4.92. The summed E-state index contributed by atoms with van der Waals surface area (Å²) < 4.78 is 19.0. The van der Waals surface area contributed by atoms with E-state index in [9.17, 15) is 4.39 Å². The summed E-state index contributed by atoms with van der Waals surface area (Å²) in [6.45, 7) is 6.52. The van der Waals surface area contributed by atoms with Crippen molar-refractivity contribution in [2.75, 3.05) is 24.5 Å². The Hall–Kier alpha value is -2.73. The average Bonchev–Trinajstić information content (AvgIpc) is 3.14.